The molecule has 10 heteroatoms. The van der Waals surface area contributed by atoms with Gasteiger partial charge in [0.05, 0.1) is 10.9 Å². The van der Waals surface area contributed by atoms with Crippen molar-refractivity contribution in [2.24, 2.45) is 0 Å². The number of hydrogen-bond acceptors (Lipinski definition) is 7. The van der Waals surface area contributed by atoms with Crippen LogP contribution in [0.3, 0.4) is 0 Å². The van der Waals surface area contributed by atoms with Gasteiger partial charge in [0, 0.05) is 44.5 Å². The Morgan fingerprint density at radius 2 is 1.73 bits per heavy atom. The Hall–Kier alpha value is -4.73. The average molecular weight is 558 g/mol. The summed E-state index contributed by atoms with van der Waals surface area (Å²) in [6, 6.07) is 15.9. The Morgan fingerprint density at radius 1 is 1.02 bits per heavy atom. The van der Waals surface area contributed by atoms with Crippen LogP contribution in [0.2, 0.25) is 0 Å². The van der Waals surface area contributed by atoms with Gasteiger partial charge in [0.15, 0.2) is 0 Å². The van der Waals surface area contributed by atoms with Crippen LogP contribution in [-0.4, -0.2) is 55.5 Å². The number of nitrogens with zero attached hydrogens (tertiary/aromatic N) is 4. The van der Waals surface area contributed by atoms with Gasteiger partial charge < -0.3 is 19.7 Å². The molecule has 214 valence electrons. The van der Waals surface area contributed by atoms with E-state index < -0.39 is 23.3 Å². The second-order valence-corrected chi connectivity index (χ2v) is 11.0. The number of fused-ring (bicyclic) bond motifs is 1. The first-order chi connectivity index (χ1) is 19.4. The van der Waals surface area contributed by atoms with Gasteiger partial charge in [0.2, 0.25) is 5.91 Å². The number of anilines is 1. The van der Waals surface area contributed by atoms with E-state index in [2.05, 4.69) is 15.3 Å². The minimum Gasteiger partial charge on any atom is -0.465 e. The van der Waals surface area contributed by atoms with E-state index in [0.717, 1.165) is 11.1 Å². The van der Waals surface area contributed by atoms with Gasteiger partial charge in [-0.05, 0) is 62.1 Å². The van der Waals surface area contributed by atoms with Gasteiger partial charge in [0.25, 0.3) is 6.01 Å². The molecular weight excluding hydrogens is 522 g/mol. The van der Waals surface area contributed by atoms with Gasteiger partial charge in [-0.1, -0.05) is 42.5 Å². The summed E-state index contributed by atoms with van der Waals surface area (Å²) < 4.78 is 5.57. The van der Waals surface area contributed by atoms with Gasteiger partial charge >= 0.3 is 11.7 Å². The van der Waals surface area contributed by atoms with Crippen LogP contribution in [0.15, 0.2) is 76.2 Å². The van der Waals surface area contributed by atoms with Crippen LogP contribution in [0.4, 0.5) is 10.8 Å². The molecule has 4 aromatic rings. The summed E-state index contributed by atoms with van der Waals surface area (Å²) in [4.78, 5) is 50.2. The fraction of sp³-hybridized carbons (Fsp3) is 0.323. The van der Waals surface area contributed by atoms with Crippen molar-refractivity contribution < 1.29 is 19.1 Å². The zero-order chi connectivity index (χ0) is 29.7. The normalized spacial score (nSPS) is 12.1. The van der Waals surface area contributed by atoms with Gasteiger partial charge in [-0.3, -0.25) is 14.7 Å². The van der Waals surface area contributed by atoms with Gasteiger partial charge in [-0.25, -0.2) is 9.59 Å². The number of hydrogen-bond donors (Lipinski definition) is 2. The van der Waals surface area contributed by atoms with E-state index in [1.807, 2.05) is 63.2 Å². The minimum absolute atomic E-state index is 0.0689. The average Bonchev–Trinajstić information content (AvgIpc) is 2.92. The molecule has 2 N–H and O–H groups in total. The summed E-state index contributed by atoms with van der Waals surface area (Å²) in [6.45, 7) is 7.66. The lowest BCUT2D eigenvalue weighted by Crippen LogP contribution is -2.44. The number of nitrogens with one attached hydrogen (secondary N) is 1. The molecule has 0 aliphatic heterocycles. The van der Waals surface area contributed by atoms with Crippen molar-refractivity contribution in [1.82, 2.24) is 19.8 Å². The van der Waals surface area contributed by atoms with E-state index in [1.165, 1.54) is 4.90 Å². The van der Waals surface area contributed by atoms with E-state index in [9.17, 15) is 19.5 Å². The first-order valence-electron chi connectivity index (χ1n) is 13.3. The standard InChI is InChI=1S/C31H35N5O5/c1-20-23(19-36(30(39)40)31(2,3)4)13-14-24-26(20)28(38)41-29(33-24)34-25(16-21-10-7-6-8-11-21)27(37)35(5)18-22-12-9-15-32-17-22/h6-15,17,25H,16,18-19H2,1-5H3,(H,33,34)(H,39,40)/t25-/m0/s1. The van der Waals surface area contributed by atoms with E-state index in [4.69, 9.17) is 4.42 Å². The Kier molecular flexibility index (Phi) is 8.71. The topological polar surface area (TPSA) is 129 Å². The van der Waals surface area contributed by atoms with Crippen molar-refractivity contribution >= 4 is 28.9 Å². The molecule has 0 aliphatic rings. The molecule has 2 amide bonds. The number of benzene rings is 2. The summed E-state index contributed by atoms with van der Waals surface area (Å²) in [6.07, 6.45) is 2.68. The molecule has 0 bridgehead atoms. The van der Waals surface area contributed by atoms with Crippen LogP contribution in [0, 0.1) is 6.92 Å². The number of amides is 2. The monoisotopic (exact) mass is 557 g/mol. The predicted octanol–water partition coefficient (Wildman–Crippen LogP) is 4.85. The predicted molar refractivity (Wildman–Crippen MR) is 157 cm³/mol. The highest BCUT2D eigenvalue weighted by Gasteiger charge is 2.28. The van der Waals surface area contributed by atoms with Gasteiger partial charge in [-0.15, -0.1) is 0 Å². The molecule has 41 heavy (non-hydrogen) atoms. The largest absolute Gasteiger partial charge is 0.465 e. The SMILES string of the molecule is Cc1c(CN(C(=O)O)C(C)(C)C)ccc2nc(N[C@@H](Cc3ccccc3)C(=O)N(C)Cc3cccnc3)oc(=O)c12. The second-order valence-electron chi connectivity index (χ2n) is 11.0. The molecule has 0 unspecified atom stereocenters. The molecule has 0 radical (unpaired) electrons. The summed E-state index contributed by atoms with van der Waals surface area (Å²) >= 11 is 0. The maximum Gasteiger partial charge on any atom is 0.408 e. The minimum atomic E-state index is -1.05. The molecule has 0 fully saturated rings. The van der Waals surface area contributed by atoms with Crippen LogP contribution < -0.4 is 10.9 Å². The highest BCUT2D eigenvalue weighted by Crippen LogP contribution is 2.24. The van der Waals surface area contributed by atoms with Crippen molar-refractivity contribution in [3.63, 3.8) is 0 Å². The smallest absolute Gasteiger partial charge is 0.408 e. The Balaban J connectivity index is 1.64. The molecule has 2 heterocycles. The number of pyridine rings is 1. The maximum atomic E-state index is 13.6. The third kappa shape index (κ3) is 7.08. The molecule has 1 atom stereocenters. The first kappa shape index (κ1) is 29.3. The lowest BCUT2D eigenvalue weighted by Gasteiger charge is -2.33. The van der Waals surface area contributed by atoms with Crippen molar-refractivity contribution in [3.05, 3.63) is 99.7 Å². The number of aromatic nitrogens is 2. The number of carbonyl (C=O) groups is 2. The number of rotatable bonds is 9. The fourth-order valence-corrected chi connectivity index (χ4v) is 4.67. The number of aryl methyl sites for hydroxylation is 1. The van der Waals surface area contributed by atoms with E-state index >= 15 is 0 Å². The summed E-state index contributed by atoms with van der Waals surface area (Å²) in [5, 5.41) is 13.0. The summed E-state index contributed by atoms with van der Waals surface area (Å²) in [5.41, 5.74) is 2.23. The quantitative estimate of drug-likeness (QED) is 0.299. The molecule has 0 spiro atoms. The third-order valence-corrected chi connectivity index (χ3v) is 6.94. The van der Waals surface area contributed by atoms with Crippen molar-refractivity contribution in [1.29, 1.82) is 0 Å². The van der Waals surface area contributed by atoms with Gasteiger partial charge in [-0.2, -0.15) is 4.98 Å². The zero-order valence-corrected chi connectivity index (χ0v) is 23.9. The fourth-order valence-electron chi connectivity index (χ4n) is 4.67. The lowest BCUT2D eigenvalue weighted by atomic mass is 10.0. The number of likely N-dealkylation sites (N-methyl/N-ethyl adjacent to an activating group) is 1. The van der Waals surface area contributed by atoms with E-state index in [0.29, 0.717) is 29.6 Å². The van der Waals surface area contributed by atoms with Crippen LogP contribution in [0.5, 0.6) is 0 Å². The van der Waals surface area contributed by atoms with Crippen LogP contribution in [0.1, 0.15) is 43.0 Å². The Morgan fingerprint density at radius 3 is 2.37 bits per heavy atom. The summed E-state index contributed by atoms with van der Waals surface area (Å²) in [5.74, 6) is -0.204. The van der Waals surface area contributed by atoms with Crippen LogP contribution in [0.25, 0.3) is 10.9 Å². The van der Waals surface area contributed by atoms with Crippen LogP contribution >= 0.6 is 0 Å². The molecule has 4 rings (SSSR count). The summed E-state index contributed by atoms with van der Waals surface area (Å²) in [7, 11) is 1.71. The molecule has 2 aromatic carbocycles. The molecule has 10 nitrogen and oxygen atoms in total. The molecule has 0 aliphatic carbocycles. The van der Waals surface area contributed by atoms with E-state index in [1.54, 1.807) is 43.4 Å². The first-order valence-corrected chi connectivity index (χ1v) is 13.3. The Labute approximate surface area is 238 Å². The van der Waals surface area contributed by atoms with Gasteiger partial charge in [0.1, 0.15) is 6.04 Å². The highest BCUT2D eigenvalue weighted by molar-refractivity contribution is 5.85. The zero-order valence-electron chi connectivity index (χ0n) is 23.9. The number of carbonyl (C=O) groups excluding carboxylic acids is 1. The molecular formula is C31H35N5O5. The third-order valence-electron chi connectivity index (χ3n) is 6.94. The Bertz CT molecular complexity index is 1580. The second kappa shape index (κ2) is 12.2. The van der Waals surface area contributed by atoms with Crippen molar-refractivity contribution in [2.45, 2.75) is 58.8 Å². The van der Waals surface area contributed by atoms with Crippen molar-refractivity contribution in [3.8, 4) is 0 Å². The number of carboxylic acid groups (broad SMARTS) is 1. The van der Waals surface area contributed by atoms with Crippen molar-refractivity contribution in [2.75, 3.05) is 12.4 Å². The molecule has 2 aromatic heterocycles. The molecule has 0 saturated carbocycles. The maximum absolute atomic E-state index is 13.6. The lowest BCUT2D eigenvalue weighted by molar-refractivity contribution is -0.131. The van der Waals surface area contributed by atoms with Crippen LogP contribution in [-0.2, 0) is 24.3 Å². The van der Waals surface area contributed by atoms with E-state index in [-0.39, 0.29) is 23.9 Å². The highest BCUT2D eigenvalue weighted by atomic mass is 16.4. The molecule has 0 saturated heterocycles.